The number of amides is 2. The minimum atomic E-state index is -0.165. The van der Waals surface area contributed by atoms with Crippen LogP contribution in [0.2, 0.25) is 0 Å². The molecule has 30 heavy (non-hydrogen) atoms. The maximum atomic E-state index is 12.8. The molecule has 0 bridgehead atoms. The van der Waals surface area contributed by atoms with Gasteiger partial charge >= 0.3 is 6.03 Å². The number of urea groups is 1. The van der Waals surface area contributed by atoms with Gasteiger partial charge in [-0.1, -0.05) is 42.5 Å². The third kappa shape index (κ3) is 4.68. The molecule has 7 heteroatoms. The molecular weight excluding hydrogens is 414 g/mol. The summed E-state index contributed by atoms with van der Waals surface area (Å²) in [5.74, 6) is 1.73. The molecule has 2 aromatic carbocycles. The van der Waals surface area contributed by atoms with Crippen LogP contribution in [-0.2, 0) is 9.93 Å². The van der Waals surface area contributed by atoms with Crippen molar-refractivity contribution in [3.8, 4) is 0 Å². The Balaban J connectivity index is 1.40. The largest absolute Gasteiger partial charge is 0.329 e. The van der Waals surface area contributed by atoms with Gasteiger partial charge < -0.3 is 5.32 Å². The maximum Gasteiger partial charge on any atom is 0.322 e. The summed E-state index contributed by atoms with van der Waals surface area (Å²) in [6, 6.07) is 20.3. The lowest BCUT2D eigenvalue weighted by Gasteiger charge is -2.20. The molecule has 5 nitrogen and oxygen atoms in total. The van der Waals surface area contributed by atoms with E-state index < -0.39 is 0 Å². The van der Waals surface area contributed by atoms with Crippen LogP contribution in [0.3, 0.4) is 0 Å². The summed E-state index contributed by atoms with van der Waals surface area (Å²) in [7, 11) is 3.64. The minimum absolute atomic E-state index is 0.0503. The fourth-order valence-corrected chi connectivity index (χ4v) is 7.72. The van der Waals surface area contributed by atoms with E-state index in [9.17, 15) is 9.59 Å². The normalized spacial score (nSPS) is 18.0. The van der Waals surface area contributed by atoms with Crippen molar-refractivity contribution in [2.24, 2.45) is 0 Å². The van der Waals surface area contributed by atoms with Gasteiger partial charge in [-0.15, -0.1) is 0 Å². The molecule has 1 aliphatic heterocycles. The second kappa shape index (κ2) is 9.36. The highest BCUT2D eigenvalue weighted by Gasteiger charge is 2.38. The van der Waals surface area contributed by atoms with E-state index in [0.717, 1.165) is 11.5 Å². The van der Waals surface area contributed by atoms with Crippen LogP contribution in [0.15, 0.2) is 84.0 Å². The fraction of sp³-hybridized carbons (Fsp3) is 0.174. The van der Waals surface area contributed by atoms with Gasteiger partial charge in [0.15, 0.2) is 10.7 Å². The molecular formula is C23H22N3O2S2+. The number of nitrogens with zero attached hydrogens (tertiary/aromatic N) is 2. The molecule has 152 valence electrons. The Morgan fingerprint density at radius 3 is 2.63 bits per heavy atom. The third-order valence-electron chi connectivity index (χ3n) is 4.83. The minimum Gasteiger partial charge on any atom is -0.329 e. The van der Waals surface area contributed by atoms with Crippen LogP contribution in [0.25, 0.3) is 0 Å². The molecule has 2 heterocycles. The number of anilines is 1. The van der Waals surface area contributed by atoms with E-state index in [4.69, 9.17) is 0 Å². The monoisotopic (exact) mass is 436 g/mol. The standard InChI is InChI=1S/C23H21N3O2S2/c1-26(20-10-5-9-18(13-20)22(27)17-7-3-2-4-8-17)23(28)25-19-15-29-30(16-19)21-11-6-12-24-14-21/h2-14,19H,15-16H2,1H3/p+1. The van der Waals surface area contributed by atoms with Gasteiger partial charge in [-0.25, -0.2) is 4.79 Å². The second-order valence-electron chi connectivity index (χ2n) is 6.94. The average molecular weight is 437 g/mol. The van der Waals surface area contributed by atoms with Gasteiger partial charge in [0.25, 0.3) is 0 Å². The Hall–Kier alpha value is -2.77. The number of carbonyl (C=O) groups excluding carboxylic acids is 2. The van der Waals surface area contributed by atoms with Crippen molar-refractivity contribution < 1.29 is 9.59 Å². The lowest BCUT2D eigenvalue weighted by Crippen LogP contribution is -2.44. The number of benzene rings is 2. The second-order valence-corrected chi connectivity index (χ2v) is 10.9. The zero-order valence-corrected chi connectivity index (χ0v) is 18.2. The van der Waals surface area contributed by atoms with Crippen molar-refractivity contribution in [1.82, 2.24) is 10.3 Å². The van der Waals surface area contributed by atoms with Gasteiger partial charge in [-0.05, 0) is 24.3 Å². The van der Waals surface area contributed by atoms with Crippen LogP contribution >= 0.6 is 10.8 Å². The summed E-state index contributed by atoms with van der Waals surface area (Å²) in [5.41, 5.74) is 1.88. The van der Waals surface area contributed by atoms with Crippen LogP contribution in [0.4, 0.5) is 10.5 Å². The molecule has 1 saturated heterocycles. The lowest BCUT2D eigenvalue weighted by molar-refractivity contribution is 0.103. The third-order valence-corrected chi connectivity index (χ3v) is 9.37. The molecule has 1 N–H and O–H groups in total. The molecule has 0 spiro atoms. The average Bonchev–Trinajstić information content (AvgIpc) is 3.28. The molecule has 3 aromatic rings. The van der Waals surface area contributed by atoms with Gasteiger partial charge in [0.05, 0.1) is 38.7 Å². The van der Waals surface area contributed by atoms with Crippen LogP contribution in [0.5, 0.6) is 0 Å². The smallest absolute Gasteiger partial charge is 0.322 e. The number of ketones is 1. The highest BCUT2D eigenvalue weighted by molar-refractivity contribution is 8.74. The number of rotatable bonds is 5. The Morgan fingerprint density at radius 1 is 1.07 bits per heavy atom. The molecule has 4 rings (SSSR count). The van der Waals surface area contributed by atoms with Crippen molar-refractivity contribution in [2.75, 3.05) is 23.5 Å². The number of pyridine rings is 1. The van der Waals surface area contributed by atoms with Gasteiger partial charge in [0.1, 0.15) is 5.75 Å². The Labute approximate surface area is 182 Å². The molecule has 2 unspecified atom stereocenters. The summed E-state index contributed by atoms with van der Waals surface area (Å²) in [4.78, 5) is 32.5. The van der Waals surface area contributed by atoms with Crippen LogP contribution in [0, 0.1) is 0 Å². The topological polar surface area (TPSA) is 62.3 Å². The SMILES string of the molecule is CN(C(=O)NC1CS[S+](c2cccnc2)C1)c1cccc(C(=O)c2ccccc2)c1. The van der Waals surface area contributed by atoms with Gasteiger partial charge in [-0.2, -0.15) is 0 Å². The highest BCUT2D eigenvalue weighted by Crippen LogP contribution is 2.33. The first-order valence-corrected chi connectivity index (χ1v) is 12.5. The Kier molecular flexibility index (Phi) is 6.40. The van der Waals surface area contributed by atoms with Gasteiger partial charge in [0, 0.05) is 30.1 Å². The van der Waals surface area contributed by atoms with Crippen LogP contribution < -0.4 is 10.2 Å². The first-order chi connectivity index (χ1) is 14.6. The van der Waals surface area contributed by atoms with Crippen molar-refractivity contribution in [1.29, 1.82) is 0 Å². The van der Waals surface area contributed by atoms with Crippen molar-refractivity contribution >= 4 is 38.2 Å². The van der Waals surface area contributed by atoms with E-state index in [1.54, 1.807) is 48.5 Å². The van der Waals surface area contributed by atoms with E-state index in [1.807, 2.05) is 47.3 Å². The quantitative estimate of drug-likeness (QED) is 0.371. The molecule has 0 aliphatic carbocycles. The van der Waals surface area contributed by atoms with E-state index >= 15 is 0 Å². The molecule has 1 aromatic heterocycles. The summed E-state index contributed by atoms with van der Waals surface area (Å²) in [6.07, 6.45) is 3.68. The van der Waals surface area contributed by atoms with E-state index in [0.29, 0.717) is 16.8 Å². The number of hydrogen-bond acceptors (Lipinski definition) is 4. The van der Waals surface area contributed by atoms with Crippen LogP contribution in [-0.4, -0.2) is 41.4 Å². The zero-order chi connectivity index (χ0) is 20.9. The Morgan fingerprint density at radius 2 is 1.87 bits per heavy atom. The number of carbonyl (C=O) groups is 2. The number of nitrogens with one attached hydrogen (secondary N) is 1. The highest BCUT2D eigenvalue weighted by atomic mass is 33.1. The maximum absolute atomic E-state index is 12.8. The lowest BCUT2D eigenvalue weighted by atomic mass is 10.0. The number of aromatic nitrogens is 1. The zero-order valence-electron chi connectivity index (χ0n) is 16.5. The summed E-state index contributed by atoms with van der Waals surface area (Å²) < 4.78 is 0. The van der Waals surface area contributed by atoms with Gasteiger partial charge in [0.2, 0.25) is 0 Å². The van der Waals surface area contributed by atoms with Crippen molar-refractivity contribution in [3.05, 3.63) is 90.3 Å². The Bertz CT molecular complexity index is 1030. The van der Waals surface area contributed by atoms with Crippen molar-refractivity contribution in [3.63, 3.8) is 0 Å². The molecule has 1 aliphatic rings. The van der Waals surface area contributed by atoms with Crippen molar-refractivity contribution in [2.45, 2.75) is 10.9 Å². The van der Waals surface area contributed by atoms with E-state index in [2.05, 4.69) is 16.4 Å². The predicted octanol–water partition coefficient (Wildman–Crippen LogP) is 4.17. The van der Waals surface area contributed by atoms with Gasteiger partial charge in [-0.3, -0.25) is 14.7 Å². The van der Waals surface area contributed by atoms with E-state index in [-0.39, 0.29) is 27.8 Å². The molecule has 1 fully saturated rings. The summed E-state index contributed by atoms with van der Waals surface area (Å²) in [5, 5.41) is 3.12. The molecule has 0 radical (unpaired) electrons. The summed E-state index contributed by atoms with van der Waals surface area (Å²) >= 11 is 0. The fourth-order valence-electron chi connectivity index (χ4n) is 3.17. The first-order valence-electron chi connectivity index (χ1n) is 9.60. The molecule has 2 amide bonds. The first kappa shape index (κ1) is 20.5. The predicted molar refractivity (Wildman–Crippen MR) is 124 cm³/mol. The van der Waals surface area contributed by atoms with Crippen LogP contribution in [0.1, 0.15) is 15.9 Å². The summed E-state index contributed by atoms with van der Waals surface area (Å²) in [6.45, 7) is 0. The molecule has 2 atom stereocenters. The number of hydrogen-bond donors (Lipinski definition) is 1. The van der Waals surface area contributed by atoms with E-state index in [1.165, 1.54) is 4.90 Å². The molecule has 0 saturated carbocycles.